The van der Waals surface area contributed by atoms with E-state index in [-0.39, 0.29) is 56.6 Å². The molecule has 0 bridgehead atoms. The Kier molecular flexibility index (Phi) is 31.7. The van der Waals surface area contributed by atoms with Crippen molar-refractivity contribution in [2.45, 2.75) is 162 Å². The summed E-state index contributed by atoms with van der Waals surface area (Å²) in [6, 6.07) is 19.2. The third-order valence-corrected chi connectivity index (χ3v) is 16.8. The minimum Gasteiger partial charge on any atom is -0.460 e. The van der Waals surface area contributed by atoms with Gasteiger partial charge in [0.25, 0.3) is 5.69 Å². The van der Waals surface area contributed by atoms with Gasteiger partial charge >= 0.3 is 24.1 Å². The number of nitrogens with zero attached hydrogens (tertiary/aromatic N) is 6. The van der Waals surface area contributed by atoms with Crippen LogP contribution in [-0.2, 0) is 76.5 Å². The highest BCUT2D eigenvalue weighted by Crippen LogP contribution is 2.44. The summed E-state index contributed by atoms with van der Waals surface area (Å²) in [5.41, 5.74) is 8.36. The Labute approximate surface area is 635 Å². The highest BCUT2D eigenvalue weighted by molar-refractivity contribution is 5.97. The number of benzene rings is 4. The molecule has 7 atom stereocenters. The molecule has 0 aromatic heterocycles. The second-order valence-corrected chi connectivity index (χ2v) is 28.5. The van der Waals surface area contributed by atoms with Gasteiger partial charge in [-0.2, -0.15) is 10.2 Å². The van der Waals surface area contributed by atoms with E-state index < -0.39 is 181 Å². The lowest BCUT2D eigenvalue weighted by Gasteiger charge is -2.28. The number of non-ortho nitro benzene ring substituents is 1. The first-order valence-corrected chi connectivity index (χ1v) is 35.7. The number of amides is 12. The van der Waals surface area contributed by atoms with E-state index in [1.165, 1.54) is 63.8 Å². The Hall–Kier alpha value is -12.1. The number of nitro groups is 1. The van der Waals surface area contributed by atoms with Crippen LogP contribution in [0.25, 0.3) is 11.1 Å². The number of nitrogens with two attached hydrogens (primary N) is 1. The van der Waals surface area contributed by atoms with Crippen molar-refractivity contribution in [1.82, 2.24) is 57.7 Å². The smallest absolute Gasteiger partial charge is 0.410 e. The normalized spacial score (nSPS) is 15.1. The number of nitrogens with one attached hydrogen (secondary N) is 9. The number of carbonyl (C=O) groups excluding carboxylic acids is 14. The maximum Gasteiger partial charge on any atom is 0.410 e. The predicted molar refractivity (Wildman–Crippen MR) is 397 cm³/mol. The molecule has 4 aromatic carbocycles. The van der Waals surface area contributed by atoms with Crippen molar-refractivity contribution in [2.24, 2.45) is 21.9 Å². The van der Waals surface area contributed by atoms with Gasteiger partial charge in [0, 0.05) is 63.3 Å². The molecule has 0 spiro atoms. The molecule has 36 heteroatoms. The summed E-state index contributed by atoms with van der Waals surface area (Å²) in [5, 5.41) is 41.2. The molecule has 11 N–H and O–H groups in total. The number of carbonyl (C=O) groups is 14. The number of likely N-dealkylation sites (tertiary alicyclic amines) is 1. The quantitative estimate of drug-likeness (QED) is 0.0103. The molecular weight excluding hydrogens is 1430 g/mol. The largest absolute Gasteiger partial charge is 0.460 e. The van der Waals surface area contributed by atoms with E-state index in [2.05, 4.69) is 58.1 Å². The number of alkyl carbamates (subject to hydrolysis) is 1. The first kappa shape index (κ1) is 86.8. The van der Waals surface area contributed by atoms with Crippen LogP contribution in [0.15, 0.2) is 107 Å². The Balaban J connectivity index is 1.08. The molecule has 1 aliphatic heterocycles. The van der Waals surface area contributed by atoms with Gasteiger partial charge in [0.15, 0.2) is 0 Å². The zero-order chi connectivity index (χ0) is 81.3. The van der Waals surface area contributed by atoms with Crippen LogP contribution in [0.4, 0.5) is 32.3 Å². The van der Waals surface area contributed by atoms with Crippen molar-refractivity contribution in [3.8, 4) is 11.1 Å². The van der Waals surface area contributed by atoms with Crippen molar-refractivity contribution in [1.29, 1.82) is 0 Å². The van der Waals surface area contributed by atoms with Crippen LogP contribution in [0.2, 0.25) is 0 Å². The van der Waals surface area contributed by atoms with Gasteiger partial charge in [0.05, 0.1) is 48.9 Å². The molecule has 12 amide bonds. The number of hydrogen-bond acceptors (Lipinski definition) is 23. The van der Waals surface area contributed by atoms with E-state index in [1.807, 2.05) is 60.4 Å². The lowest BCUT2D eigenvalue weighted by atomic mass is 9.98. The van der Waals surface area contributed by atoms with Gasteiger partial charge in [-0.3, -0.25) is 67.8 Å². The summed E-state index contributed by atoms with van der Waals surface area (Å²) >= 11 is 0. The van der Waals surface area contributed by atoms with E-state index in [4.69, 9.17) is 24.7 Å². The summed E-state index contributed by atoms with van der Waals surface area (Å²) in [4.78, 5) is 202. The van der Waals surface area contributed by atoms with E-state index in [0.29, 0.717) is 17.9 Å². The van der Waals surface area contributed by atoms with Crippen molar-refractivity contribution in [3.05, 3.63) is 118 Å². The van der Waals surface area contributed by atoms with Crippen molar-refractivity contribution < 1.29 is 91.0 Å². The first-order chi connectivity index (χ1) is 51.8. The molecule has 1 aliphatic carbocycles. The van der Waals surface area contributed by atoms with Crippen LogP contribution in [0, 0.1) is 16.0 Å². The van der Waals surface area contributed by atoms with Crippen LogP contribution in [0.5, 0.6) is 0 Å². The second-order valence-electron chi connectivity index (χ2n) is 28.5. The summed E-state index contributed by atoms with van der Waals surface area (Å²) in [6.45, 7) is 15.5. The number of ether oxygens (including phenoxy) is 4. The van der Waals surface area contributed by atoms with E-state index in [1.54, 1.807) is 58.9 Å². The third-order valence-electron chi connectivity index (χ3n) is 16.8. The first-order valence-electron chi connectivity index (χ1n) is 35.7. The van der Waals surface area contributed by atoms with Crippen LogP contribution in [0.3, 0.4) is 0 Å². The van der Waals surface area contributed by atoms with Gasteiger partial charge in [-0.05, 0) is 133 Å². The average molecular weight is 1530 g/mol. The highest BCUT2D eigenvalue weighted by Gasteiger charge is 2.42. The van der Waals surface area contributed by atoms with Gasteiger partial charge < -0.3 is 82.3 Å². The second kappa shape index (κ2) is 40.2. The fourth-order valence-corrected chi connectivity index (χ4v) is 11.5. The van der Waals surface area contributed by atoms with Crippen LogP contribution >= 0.6 is 0 Å². The SMILES string of the molecule is CCN(CCN(CC(=O)NCC(=O)N[C@@H](C)C(=O)N[C@@H](CC(=O)OC1C[C@@H](C(=O)NC[C@@H](NC(=O)[C@H](CC(C)C)NC(=O)OC(C)(C)C)C(=O)N[C@@H](C)C(=O)NCC(=O)NCC(N)=O)N(C(C)=O)C1)C(=O)OC(C)(C)C)C(=O)OCC1c2ccccc2-c2ccccc21)c1ccc(N=Nc2ccc([N+](=O)[O-])cc2)cc1. The molecule has 6 rings (SSSR count). The maximum absolute atomic E-state index is 14.2. The number of anilines is 1. The summed E-state index contributed by atoms with van der Waals surface area (Å²) in [7, 11) is 0. The Morgan fingerprint density at radius 1 is 0.627 bits per heavy atom. The number of rotatable bonds is 36. The standard InChI is InChI=1S/C74H98N16O20/c1-13-87(48-26-22-46(23-27-48)85-86-47-24-28-49(29-25-47)90(105)106)30-31-88(72(104)107-41-55-53-20-16-14-18-51(53)52-19-15-17-21-54(52)55)40-63(95)77-38-62(94)80-44(5)66(98)82-57(70(102)109-73(7,8)9)34-64(96)108-50-33-59(89(39-50)45(6)91)69(101)78-35-58(68(100)81-43(4)65(97)79-37-61(93)76-36-60(75)92)83-67(99)56(32-42(2)3)84-71(103)110-74(10,11)12/h14-29,42-44,50,55-59H,13,30-41H2,1-12H3,(H2,75,92)(H,76,93)(H,77,95)(H,78,101)(H,79,97)(H,80,94)(H,81,100)(H,82,98)(H,83,99)(H,84,103)/t43-,44-,50?,56-,57-,58+,59-/m0/s1. The number of esters is 2. The zero-order valence-corrected chi connectivity index (χ0v) is 63.6. The van der Waals surface area contributed by atoms with Crippen molar-refractivity contribution >= 4 is 106 Å². The minimum atomic E-state index is -1.75. The monoisotopic (exact) mass is 1530 g/mol. The molecule has 1 heterocycles. The number of likely N-dealkylation sites (N-methyl/N-ethyl adjacent to an activating group) is 1. The fourth-order valence-electron chi connectivity index (χ4n) is 11.5. The minimum absolute atomic E-state index is 0.0407. The van der Waals surface area contributed by atoms with Crippen LogP contribution in [-0.4, -0.2) is 217 Å². The number of fused-ring (bicyclic) bond motifs is 3. The number of azo groups is 1. The number of hydrogen-bond donors (Lipinski definition) is 10. The molecule has 36 nitrogen and oxygen atoms in total. The zero-order valence-electron chi connectivity index (χ0n) is 63.6. The Morgan fingerprint density at radius 3 is 1.75 bits per heavy atom. The molecule has 0 radical (unpaired) electrons. The molecule has 594 valence electrons. The average Bonchev–Trinajstić information content (AvgIpc) is 1.61. The van der Waals surface area contributed by atoms with Gasteiger partial charge in [0.2, 0.25) is 59.1 Å². The molecule has 1 fully saturated rings. The lowest BCUT2D eigenvalue weighted by Crippen LogP contribution is -2.60. The Morgan fingerprint density at radius 2 is 1.18 bits per heavy atom. The molecule has 1 saturated heterocycles. The predicted octanol–water partition coefficient (Wildman–Crippen LogP) is 3.22. The van der Waals surface area contributed by atoms with E-state index >= 15 is 0 Å². The van der Waals surface area contributed by atoms with Gasteiger partial charge in [-0.1, -0.05) is 62.4 Å². The lowest BCUT2D eigenvalue weighted by molar-refractivity contribution is -0.384. The molecule has 0 saturated carbocycles. The number of primary amides is 1. The fraction of sp³-hybridized carbons (Fsp3) is 0.486. The van der Waals surface area contributed by atoms with Gasteiger partial charge in [0.1, 0.15) is 66.7 Å². The molecular formula is C74H98N16O20. The van der Waals surface area contributed by atoms with Crippen molar-refractivity contribution in [2.75, 3.05) is 70.4 Å². The van der Waals surface area contributed by atoms with Gasteiger partial charge in [-0.25, -0.2) is 14.4 Å². The van der Waals surface area contributed by atoms with Crippen LogP contribution in [0.1, 0.15) is 119 Å². The van der Waals surface area contributed by atoms with Gasteiger partial charge in [-0.15, -0.1) is 0 Å². The number of nitro benzene ring substituents is 1. The Bertz CT molecular complexity index is 4000. The molecule has 1 unspecified atom stereocenters. The maximum atomic E-state index is 14.2. The van der Waals surface area contributed by atoms with Crippen LogP contribution < -0.4 is 58.5 Å². The van der Waals surface area contributed by atoms with E-state index in [9.17, 15) is 77.2 Å². The summed E-state index contributed by atoms with van der Waals surface area (Å²) in [6.07, 6.45) is -4.18. The summed E-state index contributed by atoms with van der Waals surface area (Å²) < 4.78 is 22.6. The molecule has 2 aliphatic rings. The van der Waals surface area contributed by atoms with E-state index in [0.717, 1.165) is 39.8 Å². The topological polar surface area (TPSA) is 488 Å². The summed E-state index contributed by atoms with van der Waals surface area (Å²) in [5.74, 6) is -11.4. The molecule has 110 heavy (non-hydrogen) atoms. The molecule has 4 aromatic rings. The van der Waals surface area contributed by atoms with Crippen molar-refractivity contribution in [3.63, 3.8) is 0 Å². The third kappa shape index (κ3) is 27.6. The highest BCUT2D eigenvalue weighted by atomic mass is 16.6.